The smallest absolute Gasteiger partial charge is 0.0722 e. The number of hydrogen-bond donors (Lipinski definition) is 1. The van der Waals surface area contributed by atoms with Crippen molar-refractivity contribution < 1.29 is 4.21 Å². The fourth-order valence-corrected chi connectivity index (χ4v) is 2.97. The predicted octanol–water partition coefficient (Wildman–Crippen LogP) is 1.08. The molecule has 1 saturated heterocycles. The average Bonchev–Trinajstić information content (AvgIpc) is 2.20. The number of nitrogens with one attached hydrogen (secondary N) is 1. The highest BCUT2D eigenvalue weighted by molar-refractivity contribution is 7.85. The molecule has 0 radical (unpaired) electrons. The van der Waals surface area contributed by atoms with E-state index in [1.165, 1.54) is 5.56 Å². The van der Waals surface area contributed by atoms with Gasteiger partial charge in [-0.1, -0.05) is 30.3 Å². The molecule has 1 aromatic carbocycles. The van der Waals surface area contributed by atoms with Gasteiger partial charge < -0.3 is 5.32 Å². The summed E-state index contributed by atoms with van der Waals surface area (Å²) in [7, 11) is -0.691. The highest BCUT2D eigenvalue weighted by Gasteiger charge is 2.21. The van der Waals surface area contributed by atoms with Gasteiger partial charge in [0, 0.05) is 29.6 Å². The molecular formula is C10H13NOS. The summed E-state index contributed by atoms with van der Waals surface area (Å²) in [6, 6.07) is 10.1. The van der Waals surface area contributed by atoms with E-state index < -0.39 is 10.8 Å². The molecule has 0 spiro atoms. The molecule has 0 aromatic heterocycles. The van der Waals surface area contributed by atoms with Crippen molar-refractivity contribution in [1.29, 1.82) is 0 Å². The van der Waals surface area contributed by atoms with Crippen LogP contribution < -0.4 is 5.32 Å². The lowest BCUT2D eigenvalue weighted by molar-refractivity contribution is 0.624. The third-order valence-electron chi connectivity index (χ3n) is 2.30. The van der Waals surface area contributed by atoms with Crippen LogP contribution >= 0.6 is 0 Å². The third kappa shape index (κ3) is 1.98. The first-order valence-electron chi connectivity index (χ1n) is 4.51. The molecule has 0 bridgehead atoms. The lowest BCUT2D eigenvalue weighted by Crippen LogP contribution is -2.35. The maximum absolute atomic E-state index is 11.7. The van der Waals surface area contributed by atoms with Crippen molar-refractivity contribution >= 4 is 10.8 Å². The molecule has 1 aromatic rings. The van der Waals surface area contributed by atoms with E-state index in [1.54, 1.807) is 0 Å². The van der Waals surface area contributed by atoms with Crippen molar-refractivity contribution in [1.82, 2.24) is 5.32 Å². The van der Waals surface area contributed by atoms with Gasteiger partial charge in [0.15, 0.2) is 0 Å². The molecule has 1 aliphatic heterocycles. The molecule has 0 aliphatic carbocycles. The normalized spacial score (nSPS) is 28.6. The summed E-state index contributed by atoms with van der Waals surface area (Å²) in [5.41, 5.74) is 1.19. The molecule has 2 rings (SSSR count). The van der Waals surface area contributed by atoms with E-state index in [2.05, 4.69) is 17.4 Å². The minimum Gasteiger partial charge on any atom is -0.314 e. The number of hydrogen-bond acceptors (Lipinski definition) is 2. The largest absolute Gasteiger partial charge is 0.314 e. The van der Waals surface area contributed by atoms with Gasteiger partial charge in [-0.15, -0.1) is 0 Å². The average molecular weight is 195 g/mol. The van der Waals surface area contributed by atoms with Crippen molar-refractivity contribution in [2.24, 2.45) is 0 Å². The van der Waals surface area contributed by atoms with Crippen LogP contribution in [-0.2, 0) is 10.8 Å². The van der Waals surface area contributed by atoms with Crippen molar-refractivity contribution in [3.63, 3.8) is 0 Å². The van der Waals surface area contributed by atoms with Crippen LogP contribution in [0.4, 0.5) is 0 Å². The summed E-state index contributed by atoms with van der Waals surface area (Å²) < 4.78 is 11.7. The molecule has 1 aliphatic rings. The molecule has 0 amide bonds. The molecule has 0 saturated carbocycles. The Kier molecular flexibility index (Phi) is 2.76. The van der Waals surface area contributed by atoms with Crippen LogP contribution in [0, 0.1) is 0 Å². The van der Waals surface area contributed by atoms with E-state index >= 15 is 0 Å². The van der Waals surface area contributed by atoms with E-state index in [0.29, 0.717) is 0 Å². The Hall–Kier alpha value is -0.670. The summed E-state index contributed by atoms with van der Waals surface area (Å²) in [6.07, 6.45) is 0. The molecule has 1 fully saturated rings. The minimum absolute atomic E-state index is 0.190. The fraction of sp³-hybridized carbons (Fsp3) is 0.400. The van der Waals surface area contributed by atoms with Gasteiger partial charge in [0.1, 0.15) is 0 Å². The van der Waals surface area contributed by atoms with Crippen LogP contribution in [0.15, 0.2) is 30.3 Å². The van der Waals surface area contributed by atoms with Gasteiger partial charge in [-0.05, 0) is 5.56 Å². The van der Waals surface area contributed by atoms with Crippen molar-refractivity contribution in [3.05, 3.63) is 35.9 Å². The second-order valence-corrected chi connectivity index (χ2v) is 4.93. The van der Waals surface area contributed by atoms with Crippen LogP contribution in [0.5, 0.6) is 0 Å². The lowest BCUT2D eigenvalue weighted by atomic mass is 10.1. The van der Waals surface area contributed by atoms with E-state index in [-0.39, 0.29) is 5.25 Å². The second-order valence-electron chi connectivity index (χ2n) is 3.19. The van der Waals surface area contributed by atoms with Gasteiger partial charge in [-0.25, -0.2) is 0 Å². The summed E-state index contributed by atoms with van der Waals surface area (Å²) >= 11 is 0. The molecule has 13 heavy (non-hydrogen) atoms. The van der Waals surface area contributed by atoms with Crippen LogP contribution in [0.3, 0.4) is 0 Å². The Labute approximate surface area is 80.8 Å². The van der Waals surface area contributed by atoms with Gasteiger partial charge in [0.2, 0.25) is 0 Å². The van der Waals surface area contributed by atoms with Gasteiger partial charge >= 0.3 is 0 Å². The quantitative estimate of drug-likeness (QED) is 0.726. The third-order valence-corrected chi connectivity index (χ3v) is 3.98. The highest BCUT2D eigenvalue weighted by atomic mass is 32.2. The van der Waals surface area contributed by atoms with Gasteiger partial charge in [-0.2, -0.15) is 0 Å². The van der Waals surface area contributed by atoms with Gasteiger partial charge in [0.05, 0.1) is 5.25 Å². The Morgan fingerprint density at radius 2 is 2.08 bits per heavy atom. The Morgan fingerprint density at radius 1 is 1.31 bits per heavy atom. The topological polar surface area (TPSA) is 29.1 Å². The zero-order valence-corrected chi connectivity index (χ0v) is 8.22. The molecule has 3 heteroatoms. The predicted molar refractivity (Wildman–Crippen MR) is 55.1 cm³/mol. The summed E-state index contributed by atoms with van der Waals surface area (Å²) in [5, 5.41) is 3.46. The van der Waals surface area contributed by atoms with Gasteiger partial charge in [-0.3, -0.25) is 4.21 Å². The van der Waals surface area contributed by atoms with E-state index in [9.17, 15) is 4.21 Å². The first-order valence-corrected chi connectivity index (χ1v) is 5.89. The first kappa shape index (κ1) is 8.91. The lowest BCUT2D eigenvalue weighted by Gasteiger charge is -2.22. The van der Waals surface area contributed by atoms with E-state index in [4.69, 9.17) is 0 Å². The van der Waals surface area contributed by atoms with Crippen LogP contribution in [0.1, 0.15) is 10.8 Å². The number of benzene rings is 1. The van der Waals surface area contributed by atoms with Gasteiger partial charge in [0.25, 0.3) is 0 Å². The molecule has 1 N–H and O–H groups in total. The Balaban J connectivity index is 2.20. The maximum Gasteiger partial charge on any atom is 0.0722 e. The van der Waals surface area contributed by atoms with Crippen LogP contribution in [0.2, 0.25) is 0 Å². The van der Waals surface area contributed by atoms with Crippen molar-refractivity contribution in [2.75, 3.05) is 18.8 Å². The first-order chi connectivity index (χ1) is 6.38. The van der Waals surface area contributed by atoms with E-state index in [0.717, 1.165) is 18.8 Å². The number of rotatable bonds is 1. The Bertz CT molecular complexity index is 299. The summed E-state index contributed by atoms with van der Waals surface area (Å²) in [6.45, 7) is 1.73. The van der Waals surface area contributed by atoms with Crippen LogP contribution in [-0.4, -0.2) is 23.1 Å². The SMILES string of the molecule is O=S1CCNCC1c1ccccc1. The molecule has 2 atom stereocenters. The second kappa shape index (κ2) is 4.03. The monoisotopic (exact) mass is 195 g/mol. The fourth-order valence-electron chi connectivity index (χ4n) is 1.58. The van der Waals surface area contributed by atoms with Crippen molar-refractivity contribution in [3.8, 4) is 0 Å². The molecular weight excluding hydrogens is 182 g/mol. The molecule has 70 valence electrons. The Morgan fingerprint density at radius 3 is 2.77 bits per heavy atom. The summed E-state index contributed by atoms with van der Waals surface area (Å²) in [4.78, 5) is 0. The minimum atomic E-state index is -0.691. The zero-order valence-electron chi connectivity index (χ0n) is 7.40. The van der Waals surface area contributed by atoms with E-state index in [1.807, 2.05) is 18.2 Å². The zero-order chi connectivity index (χ0) is 9.10. The highest BCUT2D eigenvalue weighted by Crippen LogP contribution is 2.20. The standard InChI is InChI=1S/C10H13NOS/c12-13-7-6-11-8-10(13)9-4-2-1-3-5-9/h1-5,10-11H,6-8H2. The van der Waals surface area contributed by atoms with Crippen molar-refractivity contribution in [2.45, 2.75) is 5.25 Å². The molecule has 1 heterocycles. The maximum atomic E-state index is 11.7. The molecule has 2 nitrogen and oxygen atoms in total. The summed E-state index contributed by atoms with van der Waals surface area (Å²) in [5.74, 6) is 0.777. The van der Waals surface area contributed by atoms with Crippen LogP contribution in [0.25, 0.3) is 0 Å². The molecule has 2 unspecified atom stereocenters.